The molecule has 1 N–H and O–H groups in total. The van der Waals surface area contributed by atoms with Crippen LogP contribution in [0.4, 0.5) is 13.2 Å². The average molecular weight is 253 g/mol. The zero-order valence-electron chi connectivity index (χ0n) is 9.38. The summed E-state index contributed by atoms with van der Waals surface area (Å²) in [5.41, 5.74) is -1.62. The zero-order chi connectivity index (χ0) is 13.3. The summed E-state index contributed by atoms with van der Waals surface area (Å²) in [6.45, 7) is -0.136. The van der Waals surface area contributed by atoms with Gasteiger partial charge in [-0.05, 0) is 19.8 Å². The Morgan fingerprint density at radius 3 is 2.12 bits per heavy atom. The lowest BCUT2D eigenvalue weighted by Crippen LogP contribution is -2.54. The molecule has 0 aromatic carbocycles. The lowest BCUT2D eigenvalue weighted by molar-refractivity contribution is -0.179. The van der Waals surface area contributed by atoms with Crippen LogP contribution in [0.5, 0.6) is 0 Å². The van der Waals surface area contributed by atoms with E-state index in [9.17, 15) is 22.8 Å². The number of carboxylic acids is 1. The number of carboxylic acid groups (broad SMARTS) is 1. The van der Waals surface area contributed by atoms with E-state index in [2.05, 4.69) is 0 Å². The average Bonchev–Trinajstić information content (AvgIpc) is 2.09. The first-order valence-corrected chi connectivity index (χ1v) is 5.32. The van der Waals surface area contributed by atoms with Crippen LogP contribution in [0.3, 0.4) is 0 Å². The van der Waals surface area contributed by atoms with E-state index in [1.54, 1.807) is 0 Å². The van der Waals surface area contributed by atoms with Gasteiger partial charge in [0.25, 0.3) is 0 Å². The monoisotopic (exact) mass is 253 g/mol. The Balaban J connectivity index is 2.82. The molecule has 0 atom stereocenters. The molecule has 0 bridgehead atoms. The smallest absolute Gasteiger partial charge is 0.406 e. The van der Waals surface area contributed by atoms with E-state index in [4.69, 9.17) is 5.11 Å². The standard InChI is InChI=1S/C10H14F3NO3/c1-2-14(6-10(11,12)13)7(15)9(8(16)17)4-3-5-9/h2-6H2,1H3,(H,16,17). The third-order valence-electron chi connectivity index (χ3n) is 3.06. The second-order valence-electron chi connectivity index (χ2n) is 4.18. The molecule has 17 heavy (non-hydrogen) atoms. The van der Waals surface area contributed by atoms with Gasteiger partial charge in [-0.3, -0.25) is 9.59 Å². The van der Waals surface area contributed by atoms with E-state index in [1.807, 2.05) is 0 Å². The summed E-state index contributed by atoms with van der Waals surface area (Å²) in [5, 5.41) is 8.97. The summed E-state index contributed by atoms with van der Waals surface area (Å²) in [7, 11) is 0. The third kappa shape index (κ3) is 2.70. The van der Waals surface area contributed by atoms with Gasteiger partial charge >= 0.3 is 12.1 Å². The van der Waals surface area contributed by atoms with Crippen molar-refractivity contribution in [1.82, 2.24) is 4.90 Å². The van der Waals surface area contributed by atoms with E-state index < -0.39 is 30.0 Å². The minimum atomic E-state index is -4.50. The van der Waals surface area contributed by atoms with Crippen LogP contribution in [0.2, 0.25) is 0 Å². The van der Waals surface area contributed by atoms with Crippen molar-refractivity contribution in [3.8, 4) is 0 Å². The van der Waals surface area contributed by atoms with Crippen molar-refractivity contribution in [2.75, 3.05) is 13.1 Å². The van der Waals surface area contributed by atoms with Crippen LogP contribution >= 0.6 is 0 Å². The fourth-order valence-electron chi connectivity index (χ4n) is 1.90. The molecule has 0 heterocycles. The highest BCUT2D eigenvalue weighted by molar-refractivity contribution is 6.02. The van der Waals surface area contributed by atoms with Crippen LogP contribution in [-0.2, 0) is 9.59 Å². The van der Waals surface area contributed by atoms with E-state index in [0.717, 1.165) is 0 Å². The number of rotatable bonds is 4. The summed E-state index contributed by atoms with van der Waals surface area (Å²) in [5.74, 6) is -2.24. The van der Waals surface area contributed by atoms with Gasteiger partial charge in [0, 0.05) is 6.54 Å². The summed E-state index contributed by atoms with van der Waals surface area (Å²) < 4.78 is 36.7. The maximum atomic E-state index is 12.2. The Morgan fingerprint density at radius 1 is 1.35 bits per heavy atom. The molecule has 1 fully saturated rings. The zero-order valence-corrected chi connectivity index (χ0v) is 9.38. The van der Waals surface area contributed by atoms with E-state index in [-0.39, 0.29) is 19.4 Å². The second-order valence-corrected chi connectivity index (χ2v) is 4.18. The third-order valence-corrected chi connectivity index (χ3v) is 3.06. The molecular formula is C10H14F3NO3. The second kappa shape index (κ2) is 4.54. The quantitative estimate of drug-likeness (QED) is 0.775. The highest BCUT2D eigenvalue weighted by Crippen LogP contribution is 2.43. The number of carbonyl (C=O) groups excluding carboxylic acids is 1. The van der Waals surface area contributed by atoms with Gasteiger partial charge in [-0.25, -0.2) is 0 Å². The fraction of sp³-hybridized carbons (Fsp3) is 0.800. The molecule has 7 heteroatoms. The summed E-state index contributed by atoms with van der Waals surface area (Å²) in [6.07, 6.45) is -3.71. The summed E-state index contributed by atoms with van der Waals surface area (Å²) in [6, 6.07) is 0. The molecule has 4 nitrogen and oxygen atoms in total. The van der Waals surface area contributed by atoms with Crippen molar-refractivity contribution in [2.24, 2.45) is 5.41 Å². The van der Waals surface area contributed by atoms with Gasteiger partial charge in [0.15, 0.2) is 0 Å². The van der Waals surface area contributed by atoms with E-state index in [1.165, 1.54) is 6.92 Å². The van der Waals surface area contributed by atoms with Crippen LogP contribution in [0.1, 0.15) is 26.2 Å². The van der Waals surface area contributed by atoms with E-state index in [0.29, 0.717) is 11.3 Å². The van der Waals surface area contributed by atoms with Crippen LogP contribution in [0.25, 0.3) is 0 Å². The maximum Gasteiger partial charge on any atom is 0.406 e. The molecular weight excluding hydrogens is 239 g/mol. The Kier molecular flexibility index (Phi) is 3.68. The highest BCUT2D eigenvalue weighted by Gasteiger charge is 2.53. The number of amides is 1. The molecule has 1 saturated carbocycles. The van der Waals surface area contributed by atoms with Crippen molar-refractivity contribution >= 4 is 11.9 Å². The van der Waals surface area contributed by atoms with Crippen molar-refractivity contribution in [1.29, 1.82) is 0 Å². The van der Waals surface area contributed by atoms with Crippen molar-refractivity contribution in [2.45, 2.75) is 32.4 Å². The first kappa shape index (κ1) is 13.8. The van der Waals surface area contributed by atoms with Crippen molar-refractivity contribution in [3.63, 3.8) is 0 Å². The van der Waals surface area contributed by atoms with Gasteiger partial charge in [0.1, 0.15) is 12.0 Å². The van der Waals surface area contributed by atoms with Crippen LogP contribution in [0, 0.1) is 5.41 Å². The number of carbonyl (C=O) groups is 2. The SMILES string of the molecule is CCN(CC(F)(F)F)C(=O)C1(C(=O)O)CCC1. The minimum Gasteiger partial charge on any atom is -0.480 e. The molecule has 1 aliphatic rings. The minimum absolute atomic E-state index is 0.121. The molecule has 0 aromatic heterocycles. The number of alkyl halides is 3. The van der Waals surface area contributed by atoms with Crippen molar-refractivity contribution in [3.05, 3.63) is 0 Å². The molecule has 0 aliphatic heterocycles. The van der Waals surface area contributed by atoms with Gasteiger partial charge in [-0.1, -0.05) is 6.42 Å². The molecule has 1 rings (SSSR count). The normalized spacial score (nSPS) is 18.4. The lowest BCUT2D eigenvalue weighted by atomic mass is 9.67. The molecule has 1 aliphatic carbocycles. The van der Waals surface area contributed by atoms with E-state index >= 15 is 0 Å². The largest absolute Gasteiger partial charge is 0.480 e. The molecule has 0 spiro atoms. The maximum absolute atomic E-state index is 12.2. The highest BCUT2D eigenvalue weighted by atomic mass is 19.4. The molecule has 0 radical (unpaired) electrons. The number of aliphatic carboxylic acids is 1. The fourth-order valence-corrected chi connectivity index (χ4v) is 1.90. The molecule has 1 amide bonds. The van der Waals surface area contributed by atoms with Crippen LogP contribution < -0.4 is 0 Å². The van der Waals surface area contributed by atoms with Crippen LogP contribution in [0.15, 0.2) is 0 Å². The van der Waals surface area contributed by atoms with Gasteiger partial charge in [-0.15, -0.1) is 0 Å². The first-order chi connectivity index (χ1) is 7.73. The van der Waals surface area contributed by atoms with Crippen LogP contribution in [-0.4, -0.2) is 41.1 Å². The van der Waals surface area contributed by atoms with Gasteiger partial charge in [0.2, 0.25) is 5.91 Å². The van der Waals surface area contributed by atoms with Crippen molar-refractivity contribution < 1.29 is 27.9 Å². The Hall–Kier alpha value is -1.27. The Bertz CT molecular complexity index is 323. The Morgan fingerprint density at radius 2 is 1.88 bits per heavy atom. The number of hydrogen-bond acceptors (Lipinski definition) is 2. The van der Waals surface area contributed by atoms with Gasteiger partial charge < -0.3 is 10.0 Å². The predicted molar refractivity (Wildman–Crippen MR) is 52.2 cm³/mol. The van der Waals surface area contributed by atoms with Gasteiger partial charge in [0.05, 0.1) is 0 Å². The summed E-state index contributed by atoms with van der Waals surface area (Å²) >= 11 is 0. The molecule has 0 saturated heterocycles. The molecule has 0 unspecified atom stereocenters. The lowest BCUT2D eigenvalue weighted by Gasteiger charge is -2.39. The Labute approximate surface area is 96.4 Å². The number of halogens is 3. The molecule has 98 valence electrons. The number of hydrogen-bond donors (Lipinski definition) is 1. The predicted octanol–water partition coefficient (Wildman–Crippen LogP) is 1.65. The van der Waals surface area contributed by atoms with Gasteiger partial charge in [-0.2, -0.15) is 13.2 Å². The number of nitrogens with zero attached hydrogens (tertiary/aromatic N) is 1. The first-order valence-electron chi connectivity index (χ1n) is 5.32. The molecule has 0 aromatic rings. The topological polar surface area (TPSA) is 57.6 Å². The summed E-state index contributed by atoms with van der Waals surface area (Å²) in [4.78, 5) is 23.4.